The van der Waals surface area contributed by atoms with Gasteiger partial charge in [-0.25, -0.2) is 27.2 Å². The smallest absolute Gasteiger partial charge is 0.280 e. The summed E-state index contributed by atoms with van der Waals surface area (Å²) in [5.41, 5.74) is -0.694. The van der Waals surface area contributed by atoms with Gasteiger partial charge in [-0.1, -0.05) is 0 Å². The van der Waals surface area contributed by atoms with Crippen LogP contribution in [0.4, 0.5) is 17.6 Å². The number of hydrogen-bond donors (Lipinski definition) is 1. The second kappa shape index (κ2) is 8.18. The van der Waals surface area contributed by atoms with Crippen molar-refractivity contribution in [2.24, 2.45) is 0 Å². The molecule has 3 aromatic rings. The summed E-state index contributed by atoms with van der Waals surface area (Å²) in [6, 6.07) is 2.05. The Labute approximate surface area is 163 Å². The van der Waals surface area contributed by atoms with Gasteiger partial charge in [0.15, 0.2) is 5.65 Å². The molecule has 3 heterocycles. The van der Waals surface area contributed by atoms with Gasteiger partial charge in [0.2, 0.25) is 5.91 Å². The molecule has 0 aliphatic carbocycles. The molecule has 11 heteroatoms. The van der Waals surface area contributed by atoms with Crippen molar-refractivity contribution in [3.8, 4) is 0 Å². The molecule has 0 aliphatic rings. The SMILES string of the molecule is CCn1ccc(C(C)NC(=O)Cn2nc(C)c3c(C(F)F)cc(C(F)F)nc32)n1. The van der Waals surface area contributed by atoms with Crippen molar-refractivity contribution in [1.82, 2.24) is 29.9 Å². The van der Waals surface area contributed by atoms with Gasteiger partial charge in [0, 0.05) is 18.3 Å². The van der Waals surface area contributed by atoms with Crippen molar-refractivity contribution in [2.45, 2.75) is 52.8 Å². The Morgan fingerprint density at radius 3 is 2.48 bits per heavy atom. The molecule has 0 fully saturated rings. The van der Waals surface area contributed by atoms with Gasteiger partial charge >= 0.3 is 0 Å². The van der Waals surface area contributed by atoms with Crippen LogP contribution in [0.5, 0.6) is 0 Å². The average Bonchev–Trinajstić information content (AvgIpc) is 3.26. The average molecular weight is 412 g/mol. The van der Waals surface area contributed by atoms with Crippen molar-refractivity contribution in [3.05, 3.63) is 41.0 Å². The van der Waals surface area contributed by atoms with E-state index in [4.69, 9.17) is 0 Å². The van der Waals surface area contributed by atoms with Crippen LogP contribution in [0.15, 0.2) is 18.3 Å². The summed E-state index contributed by atoms with van der Waals surface area (Å²) in [6.45, 7) is 5.47. The minimum Gasteiger partial charge on any atom is -0.346 e. The second-order valence-electron chi connectivity index (χ2n) is 6.56. The Morgan fingerprint density at radius 2 is 1.90 bits per heavy atom. The fourth-order valence-corrected chi connectivity index (χ4v) is 3.08. The first-order valence-corrected chi connectivity index (χ1v) is 8.98. The molecule has 1 unspecified atom stereocenters. The minimum atomic E-state index is -3.02. The number of pyridine rings is 1. The van der Waals surface area contributed by atoms with Crippen molar-refractivity contribution in [3.63, 3.8) is 0 Å². The third kappa shape index (κ3) is 4.22. The van der Waals surface area contributed by atoms with Gasteiger partial charge in [0.1, 0.15) is 12.2 Å². The highest BCUT2D eigenvalue weighted by Gasteiger charge is 2.24. The van der Waals surface area contributed by atoms with E-state index >= 15 is 0 Å². The van der Waals surface area contributed by atoms with Gasteiger partial charge in [-0.3, -0.25) is 9.48 Å². The fraction of sp³-hybridized carbons (Fsp3) is 0.444. The Bertz CT molecular complexity index is 1030. The van der Waals surface area contributed by atoms with E-state index in [1.54, 1.807) is 23.9 Å². The van der Waals surface area contributed by atoms with Crippen LogP contribution in [0.3, 0.4) is 0 Å². The predicted molar refractivity (Wildman–Crippen MR) is 96.6 cm³/mol. The number of amides is 1. The molecule has 1 N–H and O–H groups in total. The lowest BCUT2D eigenvalue weighted by atomic mass is 10.1. The summed E-state index contributed by atoms with van der Waals surface area (Å²) < 4.78 is 55.8. The van der Waals surface area contributed by atoms with Crippen molar-refractivity contribution >= 4 is 16.9 Å². The minimum absolute atomic E-state index is 0.0214. The van der Waals surface area contributed by atoms with Crippen LogP contribution >= 0.6 is 0 Å². The number of nitrogens with one attached hydrogen (secondary N) is 1. The van der Waals surface area contributed by atoms with Gasteiger partial charge in [-0.2, -0.15) is 10.2 Å². The standard InChI is InChI=1S/C18H20F4N6O/c1-4-27-6-5-12(26-27)9(2)23-14(29)8-28-18-15(10(3)25-28)11(16(19)20)7-13(24-18)17(21)22/h5-7,9,16-17H,4,8H2,1-3H3,(H,23,29). The molecular formula is C18H20F4N6O. The van der Waals surface area contributed by atoms with Crippen molar-refractivity contribution in [2.75, 3.05) is 0 Å². The number of aryl methyl sites for hydroxylation is 2. The summed E-state index contributed by atoms with van der Waals surface area (Å²) in [6.07, 6.45) is -4.22. The lowest BCUT2D eigenvalue weighted by Crippen LogP contribution is -2.30. The van der Waals surface area contributed by atoms with Gasteiger partial charge in [-0.15, -0.1) is 0 Å². The van der Waals surface area contributed by atoms with E-state index in [2.05, 4.69) is 20.5 Å². The molecule has 29 heavy (non-hydrogen) atoms. The molecule has 7 nitrogen and oxygen atoms in total. The quantitative estimate of drug-likeness (QED) is 0.600. The molecule has 0 aliphatic heterocycles. The topological polar surface area (TPSA) is 77.6 Å². The third-order valence-electron chi connectivity index (χ3n) is 4.49. The summed E-state index contributed by atoms with van der Waals surface area (Å²) in [7, 11) is 0. The molecule has 1 amide bonds. The molecule has 0 spiro atoms. The Kier molecular flexibility index (Phi) is 5.85. The van der Waals surface area contributed by atoms with Gasteiger partial charge in [0.25, 0.3) is 12.9 Å². The maximum Gasteiger partial charge on any atom is 0.280 e. The summed E-state index contributed by atoms with van der Waals surface area (Å²) in [5, 5.41) is 11.1. The zero-order valence-corrected chi connectivity index (χ0v) is 16.0. The third-order valence-corrected chi connectivity index (χ3v) is 4.49. The number of hydrogen-bond acceptors (Lipinski definition) is 4. The Balaban J connectivity index is 1.88. The molecule has 3 rings (SSSR count). The van der Waals surface area contributed by atoms with Crippen LogP contribution in [-0.2, 0) is 17.9 Å². The Hall–Kier alpha value is -2.98. The highest BCUT2D eigenvalue weighted by Crippen LogP contribution is 2.32. The number of fused-ring (bicyclic) bond motifs is 1. The van der Waals surface area contributed by atoms with Crippen LogP contribution in [0.2, 0.25) is 0 Å². The van der Waals surface area contributed by atoms with Crippen LogP contribution in [0.25, 0.3) is 11.0 Å². The van der Waals surface area contributed by atoms with Crippen LogP contribution in [-0.4, -0.2) is 30.5 Å². The number of halogens is 4. The molecule has 0 radical (unpaired) electrons. The lowest BCUT2D eigenvalue weighted by Gasteiger charge is -2.12. The number of alkyl halides is 4. The van der Waals surface area contributed by atoms with Gasteiger partial charge in [-0.05, 0) is 32.9 Å². The van der Waals surface area contributed by atoms with E-state index in [1.165, 1.54) is 6.92 Å². The highest BCUT2D eigenvalue weighted by molar-refractivity contribution is 5.85. The van der Waals surface area contributed by atoms with Crippen LogP contribution in [0, 0.1) is 6.92 Å². The van der Waals surface area contributed by atoms with Crippen LogP contribution < -0.4 is 5.32 Å². The largest absolute Gasteiger partial charge is 0.346 e. The van der Waals surface area contributed by atoms with Crippen molar-refractivity contribution in [1.29, 1.82) is 0 Å². The summed E-state index contributed by atoms with van der Waals surface area (Å²) >= 11 is 0. The monoisotopic (exact) mass is 412 g/mol. The first-order chi connectivity index (χ1) is 13.7. The van der Waals surface area contributed by atoms with Crippen LogP contribution in [0.1, 0.15) is 55.4 Å². The molecule has 3 aromatic heterocycles. The first kappa shape index (κ1) is 20.7. The molecule has 1 atom stereocenters. The van der Waals surface area contributed by atoms with E-state index in [0.717, 1.165) is 4.68 Å². The normalized spacial score (nSPS) is 12.9. The zero-order valence-electron chi connectivity index (χ0n) is 16.0. The van der Waals surface area contributed by atoms with Crippen molar-refractivity contribution < 1.29 is 22.4 Å². The maximum atomic E-state index is 13.4. The molecule has 0 bridgehead atoms. The molecule has 0 saturated heterocycles. The predicted octanol–water partition coefficient (Wildman–Crippen LogP) is 3.71. The molecular weight excluding hydrogens is 392 g/mol. The highest BCUT2D eigenvalue weighted by atomic mass is 19.3. The Morgan fingerprint density at radius 1 is 1.17 bits per heavy atom. The maximum absolute atomic E-state index is 13.4. The van der Waals surface area contributed by atoms with E-state index in [9.17, 15) is 22.4 Å². The summed E-state index contributed by atoms with van der Waals surface area (Å²) in [4.78, 5) is 16.2. The summed E-state index contributed by atoms with van der Waals surface area (Å²) in [5.74, 6) is -0.476. The number of aromatic nitrogens is 5. The number of rotatable bonds is 7. The fourth-order valence-electron chi connectivity index (χ4n) is 3.08. The number of carbonyl (C=O) groups excluding carboxylic acids is 1. The van der Waals surface area contributed by atoms with E-state index in [0.29, 0.717) is 18.3 Å². The molecule has 0 saturated carbocycles. The number of carbonyl (C=O) groups is 1. The lowest BCUT2D eigenvalue weighted by molar-refractivity contribution is -0.122. The zero-order chi connectivity index (χ0) is 21.3. The molecule has 0 aromatic carbocycles. The number of nitrogens with zero attached hydrogens (tertiary/aromatic N) is 5. The molecule has 156 valence electrons. The van der Waals surface area contributed by atoms with E-state index in [1.807, 2.05) is 6.92 Å². The van der Waals surface area contributed by atoms with Gasteiger partial charge < -0.3 is 5.32 Å². The van der Waals surface area contributed by atoms with E-state index < -0.39 is 36.1 Å². The van der Waals surface area contributed by atoms with E-state index in [-0.39, 0.29) is 23.3 Å². The second-order valence-corrected chi connectivity index (χ2v) is 6.56. The first-order valence-electron chi connectivity index (χ1n) is 8.98. The van der Waals surface area contributed by atoms with Gasteiger partial charge in [0.05, 0.1) is 22.8 Å².